The lowest BCUT2D eigenvalue weighted by molar-refractivity contribution is 0.0938. The van der Waals surface area contributed by atoms with E-state index in [-0.39, 0.29) is 11.9 Å². The zero-order valence-electron chi connectivity index (χ0n) is 19.1. The van der Waals surface area contributed by atoms with Gasteiger partial charge in [0.25, 0.3) is 5.91 Å². The van der Waals surface area contributed by atoms with Crippen LogP contribution in [0.3, 0.4) is 0 Å². The molecule has 1 N–H and O–H groups in total. The Hall–Kier alpha value is -2.51. The first-order valence-electron chi connectivity index (χ1n) is 11.4. The van der Waals surface area contributed by atoms with Crippen LogP contribution in [-0.4, -0.2) is 21.4 Å². The number of thioether (sulfide) groups is 1. The first kappa shape index (κ1) is 25.2. The van der Waals surface area contributed by atoms with Crippen LogP contribution in [0.4, 0.5) is 0 Å². The monoisotopic (exact) mass is 597 g/mol. The van der Waals surface area contributed by atoms with Crippen molar-refractivity contribution >= 4 is 62.9 Å². The van der Waals surface area contributed by atoms with Crippen molar-refractivity contribution in [3.8, 4) is 5.69 Å². The number of halogens is 3. The number of carbonyl (C=O) groups excluding carboxylic acids is 1. The highest BCUT2D eigenvalue weighted by atomic mass is 79.9. The molecule has 0 saturated heterocycles. The van der Waals surface area contributed by atoms with Gasteiger partial charge in [-0.15, -0.1) is 0 Å². The average molecular weight is 599 g/mol. The Morgan fingerprint density at radius 2 is 1.86 bits per heavy atom. The quantitative estimate of drug-likeness (QED) is 0.245. The number of rotatable bonds is 6. The lowest BCUT2D eigenvalue weighted by Gasteiger charge is -2.17. The fourth-order valence-corrected chi connectivity index (χ4v) is 5.91. The van der Waals surface area contributed by atoms with Gasteiger partial charge in [-0.2, -0.15) is 16.9 Å². The van der Waals surface area contributed by atoms with E-state index in [1.807, 2.05) is 72.8 Å². The molecular weight excluding hydrogens is 577 g/mol. The molecule has 0 fully saturated rings. The predicted molar refractivity (Wildman–Crippen MR) is 153 cm³/mol. The Labute approximate surface area is 232 Å². The molecule has 0 bridgehead atoms. The number of nitrogens with one attached hydrogen (secondary N) is 1. The SMILES string of the molecule is O=C(N[C@H](C=Cc1ccc(Br)cc1)c1ccccc1)c1nn(-c2ccc(Cl)cc2Cl)c2c1CSCC2. The zero-order valence-corrected chi connectivity index (χ0v) is 23.0. The normalized spacial score (nSPS) is 14.0. The van der Waals surface area contributed by atoms with E-state index in [4.69, 9.17) is 28.3 Å². The van der Waals surface area contributed by atoms with Crippen LogP contribution in [0.15, 0.2) is 83.3 Å². The van der Waals surface area contributed by atoms with Crippen molar-refractivity contribution in [2.24, 2.45) is 0 Å². The molecule has 3 aromatic carbocycles. The number of fused-ring (bicyclic) bond motifs is 1. The molecular formula is C28H22BrCl2N3OS. The number of hydrogen-bond donors (Lipinski definition) is 1. The van der Waals surface area contributed by atoms with Crippen LogP contribution in [-0.2, 0) is 12.2 Å². The third-order valence-electron chi connectivity index (χ3n) is 5.97. The van der Waals surface area contributed by atoms with E-state index in [1.165, 1.54) is 0 Å². The molecule has 0 spiro atoms. The second-order valence-electron chi connectivity index (χ2n) is 8.36. The summed E-state index contributed by atoms with van der Waals surface area (Å²) in [6.45, 7) is 0. The minimum atomic E-state index is -0.321. The molecule has 36 heavy (non-hydrogen) atoms. The minimum absolute atomic E-state index is 0.216. The predicted octanol–water partition coefficient (Wildman–Crippen LogP) is 7.92. The number of hydrogen-bond acceptors (Lipinski definition) is 3. The number of benzene rings is 3. The van der Waals surface area contributed by atoms with Crippen LogP contribution >= 0.6 is 50.9 Å². The molecule has 5 rings (SSSR count). The molecule has 0 radical (unpaired) electrons. The summed E-state index contributed by atoms with van der Waals surface area (Å²) in [7, 11) is 0. The van der Waals surface area contributed by atoms with Gasteiger partial charge in [0.15, 0.2) is 5.69 Å². The molecule has 1 aliphatic heterocycles. The van der Waals surface area contributed by atoms with Gasteiger partial charge in [-0.05, 0) is 53.6 Å². The van der Waals surface area contributed by atoms with Crippen molar-refractivity contribution in [3.63, 3.8) is 0 Å². The molecule has 1 atom stereocenters. The Morgan fingerprint density at radius 1 is 1.08 bits per heavy atom. The molecule has 1 aromatic heterocycles. The van der Waals surface area contributed by atoms with Gasteiger partial charge in [-0.25, -0.2) is 4.68 Å². The summed E-state index contributed by atoms with van der Waals surface area (Å²) >= 11 is 17.9. The Kier molecular flexibility index (Phi) is 7.87. The van der Waals surface area contributed by atoms with E-state index in [1.54, 1.807) is 28.6 Å². The number of nitrogens with zero attached hydrogens (tertiary/aromatic N) is 2. The fourth-order valence-electron chi connectivity index (χ4n) is 4.17. The number of aromatic nitrogens is 2. The van der Waals surface area contributed by atoms with E-state index in [0.717, 1.165) is 50.5 Å². The second-order valence-corrected chi connectivity index (χ2v) is 11.2. The van der Waals surface area contributed by atoms with Crippen LogP contribution in [0.25, 0.3) is 11.8 Å². The van der Waals surface area contributed by atoms with Crippen molar-refractivity contribution in [1.29, 1.82) is 0 Å². The van der Waals surface area contributed by atoms with E-state index < -0.39 is 0 Å². The van der Waals surface area contributed by atoms with Gasteiger partial charge in [0.1, 0.15) is 0 Å². The Balaban J connectivity index is 1.49. The molecule has 0 aliphatic carbocycles. The zero-order chi connectivity index (χ0) is 25.1. The van der Waals surface area contributed by atoms with E-state index in [2.05, 4.69) is 21.2 Å². The third-order valence-corrected chi connectivity index (χ3v) is 8.02. The molecule has 0 saturated carbocycles. The van der Waals surface area contributed by atoms with Gasteiger partial charge in [-0.3, -0.25) is 4.79 Å². The smallest absolute Gasteiger partial charge is 0.272 e. The van der Waals surface area contributed by atoms with Gasteiger partial charge in [-0.1, -0.05) is 93.7 Å². The average Bonchev–Trinajstić information content (AvgIpc) is 3.27. The molecule has 4 aromatic rings. The van der Waals surface area contributed by atoms with Crippen molar-refractivity contribution < 1.29 is 4.79 Å². The van der Waals surface area contributed by atoms with Crippen molar-refractivity contribution in [2.75, 3.05) is 5.75 Å². The van der Waals surface area contributed by atoms with Crippen LogP contribution in [0, 0.1) is 0 Å². The lowest BCUT2D eigenvalue weighted by Crippen LogP contribution is -2.28. The molecule has 182 valence electrons. The second kappa shape index (κ2) is 11.3. The summed E-state index contributed by atoms with van der Waals surface area (Å²) < 4.78 is 2.82. The van der Waals surface area contributed by atoms with Gasteiger partial charge in [0.2, 0.25) is 0 Å². The van der Waals surface area contributed by atoms with Crippen LogP contribution in [0.2, 0.25) is 10.0 Å². The highest BCUT2D eigenvalue weighted by Crippen LogP contribution is 2.33. The lowest BCUT2D eigenvalue weighted by atomic mass is 10.0. The first-order chi connectivity index (χ1) is 17.5. The molecule has 8 heteroatoms. The highest BCUT2D eigenvalue weighted by Gasteiger charge is 2.27. The summed E-state index contributed by atoms with van der Waals surface area (Å²) in [5.41, 5.74) is 5.16. The molecule has 4 nitrogen and oxygen atoms in total. The largest absolute Gasteiger partial charge is 0.340 e. The fraction of sp³-hybridized carbons (Fsp3) is 0.143. The van der Waals surface area contributed by atoms with Crippen LogP contribution in [0.5, 0.6) is 0 Å². The van der Waals surface area contributed by atoms with Gasteiger partial charge in [0.05, 0.1) is 22.4 Å². The van der Waals surface area contributed by atoms with E-state index in [9.17, 15) is 4.79 Å². The third kappa shape index (κ3) is 5.57. The summed E-state index contributed by atoms with van der Waals surface area (Å²) in [6.07, 6.45) is 4.83. The topological polar surface area (TPSA) is 46.9 Å². The summed E-state index contributed by atoms with van der Waals surface area (Å²) in [5, 5.41) is 9.01. The molecule has 1 amide bonds. The molecule has 2 heterocycles. The van der Waals surface area contributed by atoms with Gasteiger partial charge >= 0.3 is 0 Å². The minimum Gasteiger partial charge on any atom is -0.340 e. The standard InChI is InChI=1S/C28H22BrCl2N3OS/c29-20-9-6-18(7-10-20)8-12-24(19-4-2-1-3-5-19)32-28(35)27-22-17-36-15-14-25(22)34(33-27)26-13-11-21(30)16-23(26)31/h1-13,16,24H,14-15,17H2,(H,32,35)/t24-/m1/s1. The van der Waals surface area contributed by atoms with E-state index >= 15 is 0 Å². The highest BCUT2D eigenvalue weighted by molar-refractivity contribution is 9.10. The summed E-state index contributed by atoms with van der Waals surface area (Å²) in [6, 6.07) is 23.0. The number of amides is 1. The van der Waals surface area contributed by atoms with Crippen LogP contribution in [0.1, 0.15) is 38.9 Å². The van der Waals surface area contributed by atoms with Crippen molar-refractivity contribution in [2.45, 2.75) is 18.2 Å². The van der Waals surface area contributed by atoms with Crippen molar-refractivity contribution in [3.05, 3.63) is 121 Å². The summed E-state index contributed by atoms with van der Waals surface area (Å²) in [5.74, 6) is 1.48. The first-order valence-corrected chi connectivity index (χ1v) is 14.1. The Bertz CT molecular complexity index is 1420. The van der Waals surface area contributed by atoms with Crippen LogP contribution < -0.4 is 5.32 Å². The maximum absolute atomic E-state index is 13.6. The van der Waals surface area contributed by atoms with E-state index in [0.29, 0.717) is 15.7 Å². The van der Waals surface area contributed by atoms with Gasteiger partial charge < -0.3 is 5.32 Å². The maximum Gasteiger partial charge on any atom is 0.272 e. The van der Waals surface area contributed by atoms with Gasteiger partial charge in [0, 0.05) is 20.8 Å². The summed E-state index contributed by atoms with van der Waals surface area (Å²) in [4.78, 5) is 13.6. The maximum atomic E-state index is 13.6. The van der Waals surface area contributed by atoms with Crippen molar-refractivity contribution in [1.82, 2.24) is 15.1 Å². The molecule has 1 aliphatic rings. The molecule has 0 unspecified atom stereocenters. The Morgan fingerprint density at radius 3 is 2.61 bits per heavy atom. The number of carbonyl (C=O) groups is 1.